The molecule has 0 atom stereocenters. The zero-order valence-electron chi connectivity index (χ0n) is 17.2. The van der Waals surface area contributed by atoms with Gasteiger partial charge in [0.25, 0.3) is 0 Å². The van der Waals surface area contributed by atoms with E-state index in [1.807, 2.05) is 0 Å². The summed E-state index contributed by atoms with van der Waals surface area (Å²) in [5, 5.41) is 0. The van der Waals surface area contributed by atoms with Crippen molar-refractivity contribution in [3.63, 3.8) is 0 Å². The Hall–Kier alpha value is 10.7. The molecule has 0 saturated heterocycles. The van der Waals surface area contributed by atoms with E-state index in [4.69, 9.17) is 80.2 Å². The first-order chi connectivity index (χ1) is 10.0. The summed E-state index contributed by atoms with van der Waals surface area (Å²) in [6.07, 6.45) is 0. The molecule has 0 rings (SSSR count). The molecule has 0 bridgehead atoms. The molecule has 0 aliphatic rings. The molecule has 38 heavy (non-hydrogen) atoms. The summed E-state index contributed by atoms with van der Waals surface area (Å²) in [7, 11) is 0. The van der Waals surface area contributed by atoms with Gasteiger partial charge in [-0.3, -0.25) is 0 Å². The van der Waals surface area contributed by atoms with Crippen LogP contribution in [-0.2, 0) is 133 Å². The maximum Gasteiger partial charge on any atom is 2.00 e. The Balaban J connectivity index is -0.00000000758. The molecule has 0 unspecified atom stereocenters. The Morgan fingerprint density at radius 2 is 0.237 bits per heavy atom. The van der Waals surface area contributed by atoms with Crippen molar-refractivity contribution >= 4 is 182 Å². The van der Waals surface area contributed by atoms with Crippen LogP contribution < -0.4 is 41.9 Å². The number of hydrogen-bond acceptors (Lipinski definition) is 20. The molecule has 0 aliphatic carbocycles. The molecular weight excluding hydrogens is 1580 g/mol. The summed E-state index contributed by atoms with van der Waals surface area (Å²) in [6.45, 7) is 0. The Labute approximate surface area is 484 Å². The van der Waals surface area contributed by atoms with Crippen molar-refractivity contribution in [2.24, 2.45) is 0 Å². The van der Waals surface area contributed by atoms with Crippen LogP contribution in [0.4, 0.5) is 0 Å². The van der Waals surface area contributed by atoms with E-state index >= 15 is 0 Å². The van der Waals surface area contributed by atoms with Gasteiger partial charge in [-0.2, -0.15) is 0 Å². The van der Waals surface area contributed by atoms with E-state index in [0.29, 0.717) is 0 Å². The standard InChI is InChI=1S/4La.5Mn.25O.4Sr/q4*+3;;;;;;;;;;;;;;;;5*-2;10*-1;4*+2. The molecule has 0 saturated carbocycles. The minimum atomic E-state index is -5.62. The number of rotatable bonds is 0. The predicted molar refractivity (Wildman–Crippen MR) is 33.3 cm³/mol. The van der Waals surface area contributed by atoms with E-state index in [-0.39, 0.29) is 352 Å². The third kappa shape index (κ3) is 852. The molecule has 0 radical (unpaired) electrons. The fraction of sp³-hybridized carbons (Fsp3) is 0. The van der Waals surface area contributed by atoms with Crippen molar-refractivity contribution < 1.29 is 317 Å². The molecule has 0 aliphatic heterocycles. The van der Waals surface area contributed by atoms with E-state index < -0.39 is 66.8 Å². The van der Waals surface area contributed by atoms with Crippen LogP contribution >= 0.6 is 0 Å². The Morgan fingerprint density at radius 1 is 0.237 bits per heavy atom. The van der Waals surface area contributed by atoms with Gasteiger partial charge in [-0.05, 0) is 0 Å². The van der Waals surface area contributed by atoms with Gasteiger partial charge in [0, 0.05) is 0 Å². The molecule has 0 N–H and O–H groups in total. The Morgan fingerprint density at radius 3 is 0.237 bits per heavy atom. The van der Waals surface area contributed by atoms with Crippen LogP contribution in [0.1, 0.15) is 0 Å². The van der Waals surface area contributed by atoms with Crippen LogP contribution in [0.15, 0.2) is 0 Å². The molecule has 0 aromatic carbocycles. The molecular formula is La4Mn5O25Sr4. The van der Waals surface area contributed by atoms with Crippen LogP contribution in [0.25, 0.3) is 0 Å². The second kappa shape index (κ2) is 62.8. The summed E-state index contributed by atoms with van der Waals surface area (Å²) in [4.78, 5) is 0. The van der Waals surface area contributed by atoms with E-state index in [2.05, 4.69) is 0 Å². The second-order valence-electron chi connectivity index (χ2n) is 1.89. The van der Waals surface area contributed by atoms with Crippen LogP contribution in [-0.4, -0.2) is 182 Å². The molecule has 25 nitrogen and oxygen atoms in total. The smallest absolute Gasteiger partial charge is 2.00 e. The summed E-state index contributed by atoms with van der Waals surface area (Å²) >= 11 is -28.1. The molecule has 0 aromatic rings. The van der Waals surface area contributed by atoms with Gasteiger partial charge in [0.05, 0.1) is 0 Å². The Bertz CT molecular complexity index is 646. The molecule has 0 aromatic heterocycles. The minimum absolute atomic E-state index is 0. The molecule has 0 heterocycles. The largest absolute Gasteiger partial charge is 2.00 e. The van der Waals surface area contributed by atoms with Crippen molar-refractivity contribution in [3.8, 4) is 0 Å². The first-order valence-electron chi connectivity index (χ1n) is 3.09. The third-order valence-electron chi connectivity index (χ3n) is 0. The van der Waals surface area contributed by atoms with Gasteiger partial charge in [0.15, 0.2) is 0 Å². The SMILES string of the molecule is [La+3].[La+3].[La+3].[La+3].[O-2].[O-2].[O-2].[O-2].[O-2].[O]=[Mn](=[O])([O-])[O-].[O]=[Mn](=[O])([O-])[O-].[O]=[Mn](=[O])([O-])[O-].[O]=[Mn](=[O])([O-])[O-].[O]=[Mn](=[O])([O-])[O-].[Sr+2].[Sr+2].[Sr+2].[Sr+2]. The van der Waals surface area contributed by atoms with Crippen molar-refractivity contribution in [1.29, 1.82) is 0 Å². The Kier molecular flexibility index (Phi) is 194. The van der Waals surface area contributed by atoms with Gasteiger partial charge in [-0.15, -0.1) is 0 Å². The summed E-state index contributed by atoms with van der Waals surface area (Å²) in [5.74, 6) is 0. The van der Waals surface area contributed by atoms with E-state index in [1.165, 1.54) is 0 Å². The molecule has 38 heteroatoms. The van der Waals surface area contributed by atoms with Gasteiger partial charge in [-0.25, -0.2) is 0 Å². The van der Waals surface area contributed by atoms with Crippen molar-refractivity contribution in [2.45, 2.75) is 0 Å². The van der Waals surface area contributed by atoms with Gasteiger partial charge in [-0.1, -0.05) is 0 Å². The zero-order chi connectivity index (χ0) is 22.5. The summed E-state index contributed by atoms with van der Waals surface area (Å²) in [5.41, 5.74) is 0. The van der Waals surface area contributed by atoms with E-state index in [1.54, 1.807) is 0 Å². The quantitative estimate of drug-likeness (QED) is 0.203. The third-order valence-corrected chi connectivity index (χ3v) is 0. The normalized spacial score (nSPS) is 7.63. The molecule has 0 amide bonds. The van der Waals surface area contributed by atoms with Gasteiger partial charge in [0.2, 0.25) is 0 Å². The zero-order valence-corrected chi connectivity index (χ0v) is 51.5. The van der Waals surface area contributed by atoms with Crippen molar-refractivity contribution in [3.05, 3.63) is 0 Å². The van der Waals surface area contributed by atoms with Gasteiger partial charge in [0.1, 0.15) is 0 Å². The molecule has 0 fully saturated rings. The topological polar surface area (TPSA) is 544 Å². The van der Waals surface area contributed by atoms with Crippen LogP contribution in [0, 0.1) is 142 Å². The minimum Gasteiger partial charge on any atom is 2.00 e. The van der Waals surface area contributed by atoms with Gasteiger partial charge < -0.3 is 27.4 Å². The van der Waals surface area contributed by atoms with Crippen LogP contribution in [0.2, 0.25) is 0 Å². The molecule has 205 valence electrons. The van der Waals surface area contributed by atoms with E-state index in [9.17, 15) is 0 Å². The summed E-state index contributed by atoms with van der Waals surface area (Å²) in [6, 6.07) is 0. The van der Waals surface area contributed by atoms with Crippen LogP contribution in [0.5, 0.6) is 0 Å². The monoisotopic (exact) mass is 1580 g/mol. The van der Waals surface area contributed by atoms with Crippen LogP contribution in [0.3, 0.4) is 0 Å². The maximum atomic E-state index is 8.58. The number of hydrogen-bond donors (Lipinski definition) is 0. The second-order valence-corrected chi connectivity index (χ2v) is 7.79. The maximum absolute atomic E-state index is 8.58. The average molecular weight is 1580 g/mol. The van der Waals surface area contributed by atoms with Crippen molar-refractivity contribution in [1.82, 2.24) is 0 Å². The molecule has 0 spiro atoms. The first kappa shape index (κ1) is 118. The summed E-state index contributed by atoms with van der Waals surface area (Å²) < 4.78 is 172. The van der Waals surface area contributed by atoms with Gasteiger partial charge >= 0.3 is 471 Å². The van der Waals surface area contributed by atoms with E-state index in [0.717, 1.165) is 0 Å². The fourth-order valence-corrected chi connectivity index (χ4v) is 0. The predicted octanol–water partition coefficient (Wildman–Crippen LogP) is -15.2. The average Bonchev–Trinajstić information content (AvgIpc) is 1.79. The van der Waals surface area contributed by atoms with Crippen molar-refractivity contribution in [2.75, 3.05) is 0 Å². The first-order valence-corrected chi connectivity index (χ1v) is 12.7. The fourth-order valence-electron chi connectivity index (χ4n) is 0.